The fraction of sp³-hybridized carbons (Fsp3) is 0.750. The van der Waals surface area contributed by atoms with Crippen LogP contribution in [0.15, 0.2) is 6.07 Å². The first-order valence-electron chi connectivity index (χ1n) is 7.81. The minimum absolute atomic E-state index is 0.348. The van der Waals surface area contributed by atoms with Gasteiger partial charge in [0.25, 0.3) is 0 Å². The van der Waals surface area contributed by atoms with Crippen molar-refractivity contribution in [3.05, 3.63) is 17.3 Å². The fourth-order valence-electron chi connectivity index (χ4n) is 5.56. The monoisotopic (exact) mass is 257 g/mol. The van der Waals surface area contributed by atoms with Gasteiger partial charge in [-0.2, -0.15) is 5.10 Å². The van der Waals surface area contributed by atoms with Gasteiger partial charge in [-0.25, -0.2) is 0 Å². The summed E-state index contributed by atoms with van der Waals surface area (Å²) in [4.78, 5) is 0. The SMILES string of the molecule is CCc1cc(N)nnc1C12CC3CC(CC(C3)C1)C2. The average Bonchev–Trinajstić information content (AvgIpc) is 2.36. The third-order valence-corrected chi connectivity index (χ3v) is 5.81. The molecule has 0 spiro atoms. The van der Waals surface area contributed by atoms with Crippen molar-refractivity contribution in [2.24, 2.45) is 17.8 Å². The van der Waals surface area contributed by atoms with E-state index in [2.05, 4.69) is 23.2 Å². The Morgan fingerprint density at radius 2 is 1.68 bits per heavy atom. The Morgan fingerprint density at radius 3 is 2.21 bits per heavy atom. The topological polar surface area (TPSA) is 51.8 Å². The summed E-state index contributed by atoms with van der Waals surface area (Å²) in [6.45, 7) is 2.21. The van der Waals surface area contributed by atoms with Gasteiger partial charge < -0.3 is 5.73 Å². The van der Waals surface area contributed by atoms with Crippen LogP contribution in [-0.4, -0.2) is 10.2 Å². The zero-order valence-electron chi connectivity index (χ0n) is 11.7. The summed E-state index contributed by atoms with van der Waals surface area (Å²) in [6, 6.07) is 2.06. The molecule has 4 saturated carbocycles. The van der Waals surface area contributed by atoms with Crippen molar-refractivity contribution in [1.82, 2.24) is 10.2 Å². The lowest BCUT2D eigenvalue weighted by Crippen LogP contribution is -2.49. The van der Waals surface area contributed by atoms with Crippen molar-refractivity contribution < 1.29 is 0 Å². The van der Waals surface area contributed by atoms with Gasteiger partial charge in [-0.15, -0.1) is 5.10 Å². The Labute approximate surface area is 115 Å². The van der Waals surface area contributed by atoms with Crippen LogP contribution in [0.3, 0.4) is 0 Å². The molecule has 2 N–H and O–H groups in total. The maximum atomic E-state index is 5.82. The Balaban J connectivity index is 1.79. The molecular formula is C16H23N3. The molecule has 102 valence electrons. The highest BCUT2D eigenvalue weighted by molar-refractivity contribution is 5.38. The molecule has 0 atom stereocenters. The highest BCUT2D eigenvalue weighted by Crippen LogP contribution is 2.60. The number of aryl methyl sites for hydroxylation is 1. The zero-order chi connectivity index (χ0) is 13.0. The standard InChI is InChI=1S/C16H23N3/c1-2-13-6-14(17)18-19-15(13)16-7-10-3-11(8-16)5-12(4-10)9-16/h6,10-12H,2-5,7-9H2,1H3,(H2,17,18). The number of nitrogens with two attached hydrogens (primary N) is 1. The lowest BCUT2D eigenvalue weighted by molar-refractivity contribution is -0.00799. The number of nitrogen functional groups attached to an aromatic ring is 1. The summed E-state index contributed by atoms with van der Waals surface area (Å²) in [5, 5.41) is 8.74. The molecule has 19 heavy (non-hydrogen) atoms. The second-order valence-corrected chi connectivity index (χ2v) is 7.19. The van der Waals surface area contributed by atoms with E-state index in [0.717, 1.165) is 24.2 Å². The molecule has 0 aliphatic heterocycles. The third kappa shape index (κ3) is 1.70. The molecule has 1 aromatic heterocycles. The molecule has 0 unspecified atom stereocenters. The van der Waals surface area contributed by atoms with E-state index in [0.29, 0.717) is 11.2 Å². The number of aromatic nitrogens is 2. The van der Waals surface area contributed by atoms with E-state index < -0.39 is 0 Å². The summed E-state index contributed by atoms with van der Waals surface area (Å²) in [5.41, 5.74) is 8.81. The average molecular weight is 257 g/mol. The van der Waals surface area contributed by atoms with E-state index in [9.17, 15) is 0 Å². The maximum Gasteiger partial charge on any atom is 0.146 e. The highest BCUT2D eigenvalue weighted by atomic mass is 15.1. The van der Waals surface area contributed by atoms with Crippen molar-refractivity contribution in [2.75, 3.05) is 5.73 Å². The highest BCUT2D eigenvalue weighted by Gasteiger charge is 2.53. The summed E-state index contributed by atoms with van der Waals surface area (Å²) in [7, 11) is 0. The number of nitrogens with zero attached hydrogens (tertiary/aromatic N) is 2. The molecule has 4 fully saturated rings. The molecule has 3 nitrogen and oxygen atoms in total. The number of hydrogen-bond acceptors (Lipinski definition) is 3. The first kappa shape index (κ1) is 11.7. The van der Waals surface area contributed by atoms with Crippen LogP contribution >= 0.6 is 0 Å². The van der Waals surface area contributed by atoms with Gasteiger partial charge in [-0.1, -0.05) is 6.92 Å². The first-order chi connectivity index (χ1) is 9.18. The van der Waals surface area contributed by atoms with E-state index in [1.807, 2.05) is 0 Å². The van der Waals surface area contributed by atoms with Gasteiger partial charge in [0.1, 0.15) is 5.82 Å². The van der Waals surface area contributed by atoms with Crippen LogP contribution in [0, 0.1) is 17.8 Å². The van der Waals surface area contributed by atoms with Crippen LogP contribution in [0.4, 0.5) is 5.82 Å². The van der Waals surface area contributed by atoms with Gasteiger partial charge in [0.2, 0.25) is 0 Å². The summed E-state index contributed by atoms with van der Waals surface area (Å²) < 4.78 is 0. The van der Waals surface area contributed by atoms with Crippen molar-refractivity contribution in [3.8, 4) is 0 Å². The Kier molecular flexibility index (Phi) is 2.42. The van der Waals surface area contributed by atoms with E-state index in [1.54, 1.807) is 0 Å². The molecule has 5 rings (SSSR count). The number of rotatable bonds is 2. The van der Waals surface area contributed by atoms with Gasteiger partial charge >= 0.3 is 0 Å². The zero-order valence-corrected chi connectivity index (χ0v) is 11.7. The molecule has 3 heteroatoms. The van der Waals surface area contributed by atoms with Crippen molar-refractivity contribution in [1.29, 1.82) is 0 Å². The molecule has 4 bridgehead atoms. The Bertz CT molecular complexity index is 473. The van der Waals surface area contributed by atoms with Crippen molar-refractivity contribution in [3.63, 3.8) is 0 Å². The minimum atomic E-state index is 0.348. The normalized spacial score (nSPS) is 39.7. The first-order valence-corrected chi connectivity index (χ1v) is 7.81. The molecule has 0 aromatic carbocycles. The van der Waals surface area contributed by atoms with Gasteiger partial charge in [-0.3, -0.25) is 0 Å². The molecular weight excluding hydrogens is 234 g/mol. The molecule has 4 aliphatic carbocycles. The summed E-state index contributed by atoms with van der Waals surface area (Å²) >= 11 is 0. The number of hydrogen-bond donors (Lipinski definition) is 1. The molecule has 1 aromatic rings. The van der Waals surface area contributed by atoms with E-state index in [-0.39, 0.29) is 0 Å². The second-order valence-electron chi connectivity index (χ2n) is 7.19. The number of anilines is 1. The van der Waals surface area contributed by atoms with Crippen LogP contribution in [0.5, 0.6) is 0 Å². The van der Waals surface area contributed by atoms with Gasteiger partial charge in [0, 0.05) is 5.41 Å². The predicted octanol–water partition coefficient (Wildman–Crippen LogP) is 3.09. The minimum Gasteiger partial charge on any atom is -0.382 e. The van der Waals surface area contributed by atoms with Crippen molar-refractivity contribution >= 4 is 5.82 Å². The quantitative estimate of drug-likeness (QED) is 0.885. The molecule has 1 heterocycles. The Morgan fingerprint density at radius 1 is 1.11 bits per heavy atom. The summed E-state index contributed by atoms with van der Waals surface area (Å²) in [6.07, 6.45) is 9.51. The predicted molar refractivity (Wildman–Crippen MR) is 75.7 cm³/mol. The van der Waals surface area contributed by atoms with Crippen LogP contribution in [0.25, 0.3) is 0 Å². The van der Waals surface area contributed by atoms with Crippen LogP contribution < -0.4 is 5.73 Å². The van der Waals surface area contributed by atoms with E-state index in [1.165, 1.54) is 49.8 Å². The van der Waals surface area contributed by atoms with Gasteiger partial charge in [0.05, 0.1) is 5.69 Å². The van der Waals surface area contributed by atoms with Crippen LogP contribution in [-0.2, 0) is 11.8 Å². The molecule has 4 aliphatic rings. The van der Waals surface area contributed by atoms with E-state index in [4.69, 9.17) is 5.73 Å². The largest absolute Gasteiger partial charge is 0.382 e. The Hall–Kier alpha value is -1.12. The second kappa shape index (κ2) is 3.94. The smallest absolute Gasteiger partial charge is 0.146 e. The van der Waals surface area contributed by atoms with Crippen LogP contribution in [0.2, 0.25) is 0 Å². The van der Waals surface area contributed by atoms with Gasteiger partial charge in [0.15, 0.2) is 0 Å². The lowest BCUT2D eigenvalue weighted by Gasteiger charge is -2.56. The fourth-order valence-corrected chi connectivity index (χ4v) is 5.56. The molecule has 0 amide bonds. The van der Waals surface area contributed by atoms with E-state index >= 15 is 0 Å². The van der Waals surface area contributed by atoms with Crippen molar-refractivity contribution in [2.45, 2.75) is 57.3 Å². The van der Waals surface area contributed by atoms with Gasteiger partial charge in [-0.05, 0) is 74.3 Å². The maximum absolute atomic E-state index is 5.82. The summed E-state index contributed by atoms with van der Waals surface area (Å²) in [5.74, 6) is 3.44. The molecule has 0 radical (unpaired) electrons. The lowest BCUT2D eigenvalue weighted by atomic mass is 9.48. The van der Waals surface area contributed by atoms with Crippen LogP contribution in [0.1, 0.15) is 56.7 Å². The third-order valence-electron chi connectivity index (χ3n) is 5.81. The molecule has 0 saturated heterocycles.